The first kappa shape index (κ1) is 26.8. The molecule has 2 rings (SSSR count). The zero-order valence-electron chi connectivity index (χ0n) is 19.7. The number of ether oxygens (including phenoxy) is 11. The van der Waals surface area contributed by atoms with Gasteiger partial charge in [0.1, 0.15) is 48.8 Å². The Labute approximate surface area is 184 Å². The molecule has 0 saturated carbocycles. The van der Waals surface area contributed by atoms with Gasteiger partial charge in [-0.2, -0.15) is 0 Å². The third-order valence-corrected chi connectivity index (χ3v) is 5.80. The highest BCUT2D eigenvalue weighted by Crippen LogP contribution is 2.31. The van der Waals surface area contributed by atoms with Crippen LogP contribution in [0.25, 0.3) is 0 Å². The van der Waals surface area contributed by atoms with Crippen molar-refractivity contribution in [2.24, 2.45) is 0 Å². The number of methoxy groups -OCH3 is 8. The summed E-state index contributed by atoms with van der Waals surface area (Å²) >= 11 is 0. The van der Waals surface area contributed by atoms with Gasteiger partial charge in [-0.3, -0.25) is 0 Å². The second-order valence-corrected chi connectivity index (χ2v) is 7.31. The van der Waals surface area contributed by atoms with E-state index >= 15 is 0 Å². The minimum Gasteiger partial charge on any atom is -0.382 e. The molecule has 0 aliphatic carbocycles. The van der Waals surface area contributed by atoms with E-state index in [1.807, 2.05) is 0 Å². The van der Waals surface area contributed by atoms with Crippen molar-refractivity contribution >= 4 is 0 Å². The van der Waals surface area contributed by atoms with Crippen LogP contribution in [0.15, 0.2) is 0 Å². The van der Waals surface area contributed by atoms with E-state index in [2.05, 4.69) is 0 Å². The Morgan fingerprint density at radius 1 is 0.452 bits per heavy atom. The highest BCUT2D eigenvalue weighted by molar-refractivity contribution is 4.94. The Balaban J connectivity index is 2.15. The molecule has 2 aliphatic rings. The van der Waals surface area contributed by atoms with Crippen molar-refractivity contribution in [1.29, 1.82) is 0 Å². The van der Waals surface area contributed by atoms with Crippen molar-refractivity contribution in [2.45, 2.75) is 61.4 Å². The standard InChI is InChI=1S/C20H38O11/c1-21-9-11-13(22-2)16(25-5)18(27-7)20(31-11)29-10-12-14(23-3)15(24-4)17(26-6)19(28-8)30-12/h11-20H,9-10H2,1-8H3/t11-,12-,13+,14-,15+,16+,17-,18-,19-,20+/m1/s1. The lowest BCUT2D eigenvalue weighted by Crippen LogP contribution is -2.63. The summed E-state index contributed by atoms with van der Waals surface area (Å²) in [6.45, 7) is 0.440. The van der Waals surface area contributed by atoms with Crippen LogP contribution < -0.4 is 0 Å². The number of hydrogen-bond acceptors (Lipinski definition) is 11. The Hall–Kier alpha value is -0.440. The summed E-state index contributed by atoms with van der Waals surface area (Å²) in [5, 5.41) is 0. The fraction of sp³-hybridized carbons (Fsp3) is 1.00. The molecule has 2 heterocycles. The first-order chi connectivity index (χ1) is 15.0. The molecule has 0 aromatic carbocycles. The van der Waals surface area contributed by atoms with Gasteiger partial charge in [0, 0.05) is 56.9 Å². The van der Waals surface area contributed by atoms with Crippen molar-refractivity contribution in [2.75, 3.05) is 70.1 Å². The summed E-state index contributed by atoms with van der Waals surface area (Å²) in [5.41, 5.74) is 0. The molecule has 10 atom stereocenters. The van der Waals surface area contributed by atoms with Gasteiger partial charge in [0.15, 0.2) is 12.6 Å². The molecule has 0 N–H and O–H groups in total. The zero-order valence-corrected chi connectivity index (χ0v) is 19.7. The molecule has 0 radical (unpaired) electrons. The molecule has 31 heavy (non-hydrogen) atoms. The van der Waals surface area contributed by atoms with Gasteiger partial charge in [-0.1, -0.05) is 0 Å². The SMILES string of the molecule is COC[C@H]1O[C@H](OC[C@H]2O[C@@H](OC)[C@H](OC)[C@@H](OC)[C@@H]2OC)[C@H](OC)[C@@H](OC)[C@H]1OC. The van der Waals surface area contributed by atoms with Crippen molar-refractivity contribution in [3.05, 3.63) is 0 Å². The first-order valence-electron chi connectivity index (χ1n) is 10.2. The lowest BCUT2D eigenvalue weighted by molar-refractivity contribution is -0.338. The Morgan fingerprint density at radius 3 is 1.29 bits per heavy atom. The molecule has 11 heteroatoms. The smallest absolute Gasteiger partial charge is 0.187 e. The molecule has 2 fully saturated rings. The second-order valence-electron chi connectivity index (χ2n) is 7.31. The van der Waals surface area contributed by atoms with Crippen molar-refractivity contribution < 1.29 is 52.1 Å². The zero-order chi connectivity index (χ0) is 23.0. The van der Waals surface area contributed by atoms with Crippen LogP contribution in [0.1, 0.15) is 0 Å². The molecule has 0 aromatic heterocycles. The fourth-order valence-electron chi connectivity index (χ4n) is 4.31. The molecular formula is C20H38O11. The summed E-state index contributed by atoms with van der Waals surface area (Å²) in [4.78, 5) is 0. The highest BCUT2D eigenvalue weighted by atomic mass is 16.7. The monoisotopic (exact) mass is 454 g/mol. The van der Waals surface area contributed by atoms with Gasteiger partial charge in [0.2, 0.25) is 0 Å². The molecule has 2 aliphatic heterocycles. The van der Waals surface area contributed by atoms with Gasteiger partial charge in [0.25, 0.3) is 0 Å². The maximum Gasteiger partial charge on any atom is 0.187 e. The minimum absolute atomic E-state index is 0.132. The average molecular weight is 455 g/mol. The van der Waals surface area contributed by atoms with E-state index in [-0.39, 0.29) is 12.7 Å². The van der Waals surface area contributed by atoms with E-state index in [0.717, 1.165) is 0 Å². The third-order valence-electron chi connectivity index (χ3n) is 5.80. The van der Waals surface area contributed by atoms with Gasteiger partial charge in [-0.25, -0.2) is 0 Å². The van der Waals surface area contributed by atoms with Crippen LogP contribution in [0.4, 0.5) is 0 Å². The van der Waals surface area contributed by atoms with E-state index < -0.39 is 55.3 Å². The summed E-state index contributed by atoms with van der Waals surface area (Å²) in [6, 6.07) is 0. The van der Waals surface area contributed by atoms with Crippen molar-refractivity contribution in [3.63, 3.8) is 0 Å². The van der Waals surface area contributed by atoms with Gasteiger partial charge in [0.05, 0.1) is 13.2 Å². The molecule has 0 unspecified atom stereocenters. The maximum atomic E-state index is 6.12. The van der Waals surface area contributed by atoms with Crippen LogP contribution >= 0.6 is 0 Å². The Bertz CT molecular complexity index is 496. The normalized spacial score (nSPS) is 41.4. The largest absolute Gasteiger partial charge is 0.382 e. The molecule has 0 bridgehead atoms. The van der Waals surface area contributed by atoms with Gasteiger partial charge < -0.3 is 52.1 Å². The molecular weight excluding hydrogens is 416 g/mol. The predicted molar refractivity (Wildman–Crippen MR) is 107 cm³/mol. The lowest BCUT2D eigenvalue weighted by atomic mass is 9.97. The van der Waals surface area contributed by atoms with Crippen LogP contribution in [0.3, 0.4) is 0 Å². The van der Waals surface area contributed by atoms with Gasteiger partial charge in [-0.05, 0) is 0 Å². The number of rotatable bonds is 12. The highest BCUT2D eigenvalue weighted by Gasteiger charge is 2.50. The summed E-state index contributed by atoms with van der Waals surface area (Å²) in [5.74, 6) is 0. The lowest BCUT2D eigenvalue weighted by Gasteiger charge is -2.46. The first-order valence-corrected chi connectivity index (χ1v) is 10.2. The van der Waals surface area contributed by atoms with E-state index in [4.69, 9.17) is 52.1 Å². The van der Waals surface area contributed by atoms with E-state index in [1.165, 1.54) is 0 Å². The molecule has 0 spiro atoms. The van der Waals surface area contributed by atoms with Crippen LogP contribution in [0.2, 0.25) is 0 Å². The third kappa shape index (κ3) is 5.92. The van der Waals surface area contributed by atoms with Crippen LogP contribution in [-0.2, 0) is 52.1 Å². The molecule has 0 aromatic rings. The topological polar surface area (TPSA) is 102 Å². The van der Waals surface area contributed by atoms with Crippen molar-refractivity contribution in [1.82, 2.24) is 0 Å². The van der Waals surface area contributed by atoms with E-state index in [1.54, 1.807) is 56.9 Å². The van der Waals surface area contributed by atoms with Crippen molar-refractivity contribution in [3.8, 4) is 0 Å². The van der Waals surface area contributed by atoms with Gasteiger partial charge in [-0.15, -0.1) is 0 Å². The fourth-order valence-corrected chi connectivity index (χ4v) is 4.31. The minimum atomic E-state index is -0.746. The van der Waals surface area contributed by atoms with Gasteiger partial charge >= 0.3 is 0 Å². The molecule has 11 nitrogen and oxygen atoms in total. The molecule has 0 amide bonds. The Kier molecular flexibility index (Phi) is 11.5. The van der Waals surface area contributed by atoms with Crippen LogP contribution in [0, 0.1) is 0 Å². The average Bonchev–Trinajstić information content (AvgIpc) is 2.80. The Morgan fingerprint density at radius 2 is 0.871 bits per heavy atom. The quantitative estimate of drug-likeness (QED) is 0.393. The van der Waals surface area contributed by atoms with E-state index in [9.17, 15) is 0 Å². The maximum absolute atomic E-state index is 6.12. The molecule has 184 valence electrons. The van der Waals surface area contributed by atoms with Crippen LogP contribution in [-0.4, -0.2) is 132 Å². The predicted octanol–water partition coefficient (Wildman–Crippen LogP) is -0.164. The summed E-state index contributed by atoms with van der Waals surface area (Å²) in [7, 11) is 12.6. The molecule has 2 saturated heterocycles. The van der Waals surface area contributed by atoms with Crippen LogP contribution in [0.5, 0.6) is 0 Å². The second kappa shape index (κ2) is 13.3. The summed E-state index contributed by atoms with van der Waals surface area (Å²) in [6.07, 6.45) is -4.97. The number of hydrogen-bond donors (Lipinski definition) is 0. The summed E-state index contributed by atoms with van der Waals surface area (Å²) < 4.78 is 62.7. The van der Waals surface area contributed by atoms with E-state index in [0.29, 0.717) is 6.61 Å².